The number of hydrogen-bond donors (Lipinski definition) is 1. The number of fused-ring (bicyclic) bond motifs is 3. The van der Waals surface area contributed by atoms with E-state index in [1.54, 1.807) is 0 Å². The molecule has 4 heterocycles. The number of ether oxygens (including phenoxy) is 1. The fraction of sp³-hybridized carbons (Fsp3) is 0.394. The van der Waals surface area contributed by atoms with Crippen molar-refractivity contribution in [2.75, 3.05) is 0 Å². The number of aromatic nitrogens is 5. The van der Waals surface area contributed by atoms with E-state index in [1.165, 1.54) is 18.5 Å². The third-order valence-electron chi connectivity index (χ3n) is 8.31. The second-order valence-electron chi connectivity index (χ2n) is 12.6. The van der Waals surface area contributed by atoms with Crippen LogP contribution in [0.5, 0.6) is 0 Å². The molecule has 2 aliphatic carbocycles. The normalized spacial score (nSPS) is 19.3. The molecule has 8 nitrogen and oxygen atoms in total. The van der Waals surface area contributed by atoms with Gasteiger partial charge in [-0.05, 0) is 77.5 Å². The highest BCUT2D eigenvalue weighted by Gasteiger charge is 2.32. The smallest absolute Gasteiger partial charge is 0.407 e. The van der Waals surface area contributed by atoms with Crippen molar-refractivity contribution >= 4 is 34.2 Å². The van der Waals surface area contributed by atoms with E-state index < -0.39 is 5.60 Å². The van der Waals surface area contributed by atoms with Crippen molar-refractivity contribution in [2.24, 2.45) is 0 Å². The summed E-state index contributed by atoms with van der Waals surface area (Å²) in [4.78, 5) is 22.2. The maximum Gasteiger partial charge on any atom is 0.407 e. The first-order valence-electron chi connectivity index (χ1n) is 14.8. The van der Waals surface area contributed by atoms with E-state index in [9.17, 15) is 4.79 Å². The zero-order valence-corrected chi connectivity index (χ0v) is 24.9. The molecule has 1 N–H and O–H groups in total. The molecule has 42 heavy (non-hydrogen) atoms. The minimum Gasteiger partial charge on any atom is -0.444 e. The Morgan fingerprint density at radius 1 is 1.02 bits per heavy atom. The van der Waals surface area contributed by atoms with E-state index in [0.717, 1.165) is 64.6 Å². The molecule has 2 fully saturated rings. The highest BCUT2D eigenvalue weighted by molar-refractivity contribution is 6.33. The van der Waals surface area contributed by atoms with Crippen LogP contribution in [0.2, 0.25) is 5.02 Å². The molecule has 1 amide bonds. The summed E-state index contributed by atoms with van der Waals surface area (Å²) < 4.78 is 9.73. The van der Waals surface area contributed by atoms with Crippen LogP contribution < -0.4 is 5.32 Å². The number of hydrogen-bond acceptors (Lipinski definition) is 5. The number of imidazole rings is 1. The van der Waals surface area contributed by atoms with Crippen LogP contribution in [0.4, 0.5) is 4.79 Å². The number of halogens is 1. The molecule has 0 radical (unpaired) electrons. The van der Waals surface area contributed by atoms with Gasteiger partial charge in [-0.3, -0.25) is 9.67 Å². The van der Waals surface area contributed by atoms with Gasteiger partial charge in [-0.15, -0.1) is 0 Å². The first kappa shape index (κ1) is 27.0. The Morgan fingerprint density at radius 3 is 2.55 bits per heavy atom. The molecule has 0 aliphatic heterocycles. The molecule has 2 saturated carbocycles. The lowest BCUT2D eigenvalue weighted by molar-refractivity contribution is 0.0487. The summed E-state index contributed by atoms with van der Waals surface area (Å²) in [7, 11) is 0. The molecule has 9 heteroatoms. The fourth-order valence-electron chi connectivity index (χ4n) is 6.12. The monoisotopic (exact) mass is 582 g/mol. The minimum atomic E-state index is -0.495. The Morgan fingerprint density at radius 2 is 1.81 bits per heavy atom. The van der Waals surface area contributed by atoms with E-state index >= 15 is 0 Å². The first-order chi connectivity index (χ1) is 20.2. The van der Waals surface area contributed by atoms with Crippen LogP contribution in [0.25, 0.3) is 38.9 Å². The largest absolute Gasteiger partial charge is 0.444 e. The number of benzene rings is 1. The zero-order chi connectivity index (χ0) is 29.0. The average molecular weight is 583 g/mol. The number of alkyl carbamates (subject to hydrolysis) is 1. The van der Waals surface area contributed by atoms with E-state index in [-0.39, 0.29) is 12.1 Å². The van der Waals surface area contributed by atoms with Gasteiger partial charge in [0.1, 0.15) is 11.2 Å². The van der Waals surface area contributed by atoms with E-state index in [4.69, 9.17) is 31.4 Å². The van der Waals surface area contributed by atoms with Gasteiger partial charge in [-0.1, -0.05) is 29.8 Å². The topological polar surface area (TPSA) is 86.3 Å². The van der Waals surface area contributed by atoms with Crippen LogP contribution in [0.15, 0.2) is 61.2 Å². The first-order valence-corrected chi connectivity index (χ1v) is 15.2. The predicted molar refractivity (Wildman–Crippen MR) is 165 cm³/mol. The highest BCUT2D eigenvalue weighted by Crippen LogP contribution is 2.46. The molecular weight excluding hydrogens is 548 g/mol. The van der Waals surface area contributed by atoms with Gasteiger partial charge in [-0.2, -0.15) is 5.10 Å². The molecule has 2 aliphatic rings. The number of pyridine rings is 2. The lowest BCUT2D eigenvalue weighted by Crippen LogP contribution is -2.41. The Hall–Kier alpha value is -3.91. The van der Waals surface area contributed by atoms with Gasteiger partial charge in [0.15, 0.2) is 0 Å². The Bertz CT molecular complexity index is 1790. The molecule has 0 spiro atoms. The second-order valence-corrected chi connectivity index (χ2v) is 13.0. The van der Waals surface area contributed by atoms with Crippen molar-refractivity contribution < 1.29 is 9.53 Å². The Balaban J connectivity index is 1.15. The summed E-state index contributed by atoms with van der Waals surface area (Å²) >= 11 is 6.63. The molecule has 0 saturated heterocycles. The molecular formula is C33H35ClN6O2. The number of carbonyl (C=O) groups excluding carboxylic acids is 1. The number of amides is 1. The van der Waals surface area contributed by atoms with E-state index in [0.29, 0.717) is 17.0 Å². The van der Waals surface area contributed by atoms with Crippen molar-refractivity contribution in [1.82, 2.24) is 29.5 Å². The standard InChI is InChI=1S/C33H35ClN6O2/c1-33(2,3)42-32(41)37-23-10-12-24(13-11-23)40-19-22(18-36-40)21-16-26-28(35-17-21)14-15-39-30(20-8-9-20)29(38-31(26)39)25-6-4-5-7-27(25)34/h4-7,14-20,23-24H,8-13H2,1-3H3,(H,37,41)/t23-,24-. The molecule has 5 aromatic rings. The molecule has 7 rings (SSSR count). The van der Waals surface area contributed by atoms with Gasteiger partial charge < -0.3 is 14.5 Å². The maximum atomic E-state index is 12.2. The fourth-order valence-corrected chi connectivity index (χ4v) is 6.35. The van der Waals surface area contributed by atoms with Crippen molar-refractivity contribution in [2.45, 2.75) is 82.9 Å². The summed E-state index contributed by atoms with van der Waals surface area (Å²) in [6.07, 6.45) is 13.7. The van der Waals surface area contributed by atoms with Crippen LogP contribution in [-0.4, -0.2) is 41.9 Å². The van der Waals surface area contributed by atoms with Crippen molar-refractivity contribution in [3.05, 3.63) is 71.9 Å². The van der Waals surface area contributed by atoms with Crippen LogP contribution in [0.3, 0.4) is 0 Å². The van der Waals surface area contributed by atoms with Gasteiger partial charge in [0, 0.05) is 52.6 Å². The molecule has 1 aromatic carbocycles. The average Bonchev–Trinajstić information content (AvgIpc) is 3.53. The van der Waals surface area contributed by atoms with Crippen molar-refractivity contribution in [3.8, 4) is 22.4 Å². The van der Waals surface area contributed by atoms with Gasteiger partial charge in [-0.25, -0.2) is 9.78 Å². The highest BCUT2D eigenvalue weighted by atomic mass is 35.5. The number of carbonyl (C=O) groups is 1. The Labute approximate surface area is 250 Å². The molecule has 0 bridgehead atoms. The maximum absolute atomic E-state index is 12.2. The second kappa shape index (κ2) is 10.4. The lowest BCUT2D eigenvalue weighted by atomic mass is 9.91. The quantitative estimate of drug-likeness (QED) is 0.227. The van der Waals surface area contributed by atoms with Crippen LogP contribution >= 0.6 is 11.6 Å². The zero-order valence-electron chi connectivity index (χ0n) is 24.2. The summed E-state index contributed by atoms with van der Waals surface area (Å²) in [6, 6.07) is 12.6. The van der Waals surface area contributed by atoms with Crippen molar-refractivity contribution in [3.63, 3.8) is 0 Å². The van der Waals surface area contributed by atoms with Crippen LogP contribution in [-0.2, 0) is 4.74 Å². The summed E-state index contributed by atoms with van der Waals surface area (Å²) in [5, 5.41) is 9.49. The lowest BCUT2D eigenvalue weighted by Gasteiger charge is -2.30. The molecule has 4 aromatic heterocycles. The van der Waals surface area contributed by atoms with Gasteiger partial charge in [0.2, 0.25) is 0 Å². The third kappa shape index (κ3) is 5.24. The third-order valence-corrected chi connectivity index (χ3v) is 8.64. The molecule has 0 atom stereocenters. The van der Waals surface area contributed by atoms with Crippen molar-refractivity contribution in [1.29, 1.82) is 0 Å². The number of rotatable bonds is 5. The predicted octanol–water partition coefficient (Wildman–Crippen LogP) is 7.95. The van der Waals surface area contributed by atoms with Crippen LogP contribution in [0.1, 0.15) is 76.9 Å². The summed E-state index contributed by atoms with van der Waals surface area (Å²) in [5.74, 6) is 0.493. The van der Waals surface area contributed by atoms with Gasteiger partial charge >= 0.3 is 6.09 Å². The number of nitrogens with one attached hydrogen (secondary N) is 1. The SMILES string of the molecule is CC(C)(C)OC(=O)N[C@H]1CC[C@H](n2cc(-c3cnc4ccn5c(C6CC6)c(-c6ccccc6Cl)nc5c4c3)cn2)CC1. The van der Waals surface area contributed by atoms with E-state index in [1.807, 2.05) is 51.4 Å². The summed E-state index contributed by atoms with van der Waals surface area (Å²) in [6.45, 7) is 5.64. The van der Waals surface area contributed by atoms with E-state index in [2.05, 4.69) is 45.0 Å². The molecule has 0 unspecified atom stereocenters. The summed E-state index contributed by atoms with van der Waals surface area (Å²) in [5.41, 5.74) is 6.53. The number of nitrogens with zero attached hydrogens (tertiary/aromatic N) is 5. The minimum absolute atomic E-state index is 0.129. The Kier molecular flexibility index (Phi) is 6.69. The van der Waals surface area contributed by atoms with Crippen LogP contribution in [0, 0.1) is 0 Å². The van der Waals surface area contributed by atoms with Gasteiger partial charge in [0.05, 0.1) is 34.2 Å². The molecule has 216 valence electrons. The van der Waals surface area contributed by atoms with Gasteiger partial charge in [0.25, 0.3) is 0 Å².